The molecule has 1 aromatic heterocycles. The first-order chi connectivity index (χ1) is 12.8. The van der Waals surface area contributed by atoms with E-state index in [1.54, 1.807) is 19.5 Å². The van der Waals surface area contributed by atoms with E-state index in [0.717, 1.165) is 51.3 Å². The lowest BCUT2D eigenvalue weighted by Crippen LogP contribution is -2.46. The molecule has 0 aliphatic carbocycles. The van der Waals surface area contributed by atoms with Gasteiger partial charge >= 0.3 is 0 Å². The SMILES string of the molecule is COc1ccccc1CN1CC[C@@]2(C[C@@H](Nc3ncccn3)CCO2)C1. The molecule has 2 fully saturated rings. The molecular formula is C20H26N4O2. The summed E-state index contributed by atoms with van der Waals surface area (Å²) in [5.41, 5.74) is 1.17. The number of likely N-dealkylation sites (tertiary alicyclic amines) is 1. The molecule has 2 atom stereocenters. The zero-order valence-corrected chi connectivity index (χ0v) is 15.2. The Morgan fingerprint density at radius 2 is 2.12 bits per heavy atom. The second kappa shape index (κ2) is 7.60. The van der Waals surface area contributed by atoms with E-state index in [2.05, 4.69) is 32.3 Å². The Morgan fingerprint density at radius 3 is 2.96 bits per heavy atom. The van der Waals surface area contributed by atoms with Crippen LogP contribution < -0.4 is 10.1 Å². The van der Waals surface area contributed by atoms with Gasteiger partial charge in [-0.05, 0) is 31.4 Å². The van der Waals surface area contributed by atoms with Gasteiger partial charge in [0.2, 0.25) is 5.95 Å². The molecule has 0 amide bonds. The van der Waals surface area contributed by atoms with Crippen molar-refractivity contribution in [3.05, 3.63) is 48.3 Å². The molecule has 2 aliphatic rings. The van der Waals surface area contributed by atoms with Crippen LogP contribution >= 0.6 is 0 Å². The third-order valence-corrected chi connectivity index (χ3v) is 5.37. The van der Waals surface area contributed by atoms with Gasteiger partial charge in [0.1, 0.15) is 5.75 Å². The molecule has 26 heavy (non-hydrogen) atoms. The van der Waals surface area contributed by atoms with Crippen molar-refractivity contribution in [2.24, 2.45) is 0 Å². The Balaban J connectivity index is 1.38. The summed E-state index contributed by atoms with van der Waals surface area (Å²) in [6, 6.07) is 10.4. The molecule has 0 unspecified atom stereocenters. The zero-order valence-electron chi connectivity index (χ0n) is 15.2. The highest BCUT2D eigenvalue weighted by atomic mass is 16.5. The molecule has 1 spiro atoms. The number of hydrogen-bond donors (Lipinski definition) is 1. The van der Waals surface area contributed by atoms with Crippen LogP contribution in [0.1, 0.15) is 24.8 Å². The van der Waals surface area contributed by atoms with E-state index >= 15 is 0 Å². The average Bonchev–Trinajstić information content (AvgIpc) is 3.04. The fourth-order valence-corrected chi connectivity index (χ4v) is 4.13. The fraction of sp³-hybridized carbons (Fsp3) is 0.500. The standard InChI is InChI=1S/C20H26N4O2/c1-25-18-6-3-2-5-16(18)14-24-11-8-20(15-24)13-17(7-12-26-20)23-19-21-9-4-10-22-19/h2-6,9-10,17H,7-8,11-15H2,1H3,(H,21,22,23)/t17-,20+/m0/s1. The van der Waals surface area contributed by atoms with Crippen LogP contribution in [-0.2, 0) is 11.3 Å². The minimum atomic E-state index is -0.0628. The molecule has 0 bridgehead atoms. The number of rotatable bonds is 5. The molecule has 4 rings (SSSR count). The summed E-state index contributed by atoms with van der Waals surface area (Å²) in [5.74, 6) is 1.66. The summed E-state index contributed by atoms with van der Waals surface area (Å²) in [6.07, 6.45) is 6.60. The maximum Gasteiger partial charge on any atom is 0.222 e. The number of nitrogens with zero attached hydrogens (tertiary/aromatic N) is 3. The predicted octanol–water partition coefficient (Wildman–Crippen LogP) is 2.72. The van der Waals surface area contributed by atoms with Gasteiger partial charge in [0, 0.05) is 50.2 Å². The minimum absolute atomic E-state index is 0.0628. The van der Waals surface area contributed by atoms with Crippen LogP contribution in [0.2, 0.25) is 0 Å². The van der Waals surface area contributed by atoms with Crippen LogP contribution in [0.15, 0.2) is 42.7 Å². The molecule has 0 radical (unpaired) electrons. The summed E-state index contributed by atoms with van der Waals surface area (Å²) in [5, 5.41) is 3.47. The van der Waals surface area contributed by atoms with E-state index in [4.69, 9.17) is 9.47 Å². The lowest BCUT2D eigenvalue weighted by Gasteiger charge is -2.38. The largest absolute Gasteiger partial charge is 0.496 e. The molecule has 138 valence electrons. The summed E-state index contributed by atoms with van der Waals surface area (Å²) < 4.78 is 11.8. The molecule has 2 aliphatic heterocycles. The first-order valence-corrected chi connectivity index (χ1v) is 9.28. The quantitative estimate of drug-likeness (QED) is 0.891. The Labute approximate surface area is 154 Å². The zero-order chi connectivity index (χ0) is 17.8. The van der Waals surface area contributed by atoms with Crippen LogP contribution in [0.5, 0.6) is 5.75 Å². The van der Waals surface area contributed by atoms with Gasteiger partial charge in [-0.15, -0.1) is 0 Å². The first-order valence-electron chi connectivity index (χ1n) is 9.28. The van der Waals surface area contributed by atoms with Crippen LogP contribution in [0.25, 0.3) is 0 Å². The van der Waals surface area contributed by atoms with Crippen molar-refractivity contribution in [3.63, 3.8) is 0 Å². The molecule has 3 heterocycles. The third kappa shape index (κ3) is 3.81. The number of methoxy groups -OCH3 is 1. The lowest BCUT2D eigenvalue weighted by molar-refractivity contribution is -0.0737. The summed E-state index contributed by atoms with van der Waals surface area (Å²) >= 11 is 0. The topological polar surface area (TPSA) is 59.5 Å². The van der Waals surface area contributed by atoms with Crippen molar-refractivity contribution in [3.8, 4) is 5.75 Å². The van der Waals surface area contributed by atoms with E-state index < -0.39 is 0 Å². The van der Waals surface area contributed by atoms with Gasteiger partial charge in [0.25, 0.3) is 0 Å². The van der Waals surface area contributed by atoms with E-state index in [1.807, 2.05) is 18.2 Å². The second-order valence-corrected chi connectivity index (χ2v) is 7.21. The molecule has 1 N–H and O–H groups in total. The van der Waals surface area contributed by atoms with E-state index in [1.165, 1.54) is 5.56 Å². The number of para-hydroxylation sites is 1. The van der Waals surface area contributed by atoms with Crippen molar-refractivity contribution < 1.29 is 9.47 Å². The highest BCUT2D eigenvalue weighted by Crippen LogP contribution is 2.36. The average molecular weight is 354 g/mol. The van der Waals surface area contributed by atoms with Crippen LogP contribution in [-0.4, -0.2) is 53.3 Å². The Hall–Kier alpha value is -2.18. The molecule has 0 saturated carbocycles. The van der Waals surface area contributed by atoms with Crippen molar-refractivity contribution in [2.45, 2.75) is 37.5 Å². The minimum Gasteiger partial charge on any atom is -0.496 e. The van der Waals surface area contributed by atoms with Crippen molar-refractivity contribution in [1.82, 2.24) is 14.9 Å². The van der Waals surface area contributed by atoms with Gasteiger partial charge in [-0.1, -0.05) is 18.2 Å². The Kier molecular flexibility index (Phi) is 5.04. The molecule has 6 nitrogen and oxygen atoms in total. The molecule has 2 saturated heterocycles. The highest BCUT2D eigenvalue weighted by molar-refractivity contribution is 5.33. The van der Waals surface area contributed by atoms with Crippen LogP contribution in [0, 0.1) is 0 Å². The number of benzene rings is 1. The van der Waals surface area contributed by atoms with Gasteiger partial charge in [0.15, 0.2) is 0 Å². The number of aromatic nitrogens is 2. The maximum absolute atomic E-state index is 6.27. The van der Waals surface area contributed by atoms with E-state index in [0.29, 0.717) is 12.0 Å². The van der Waals surface area contributed by atoms with Gasteiger partial charge in [-0.2, -0.15) is 0 Å². The summed E-state index contributed by atoms with van der Waals surface area (Å²) in [7, 11) is 1.73. The number of nitrogens with one attached hydrogen (secondary N) is 1. The molecule has 6 heteroatoms. The van der Waals surface area contributed by atoms with Gasteiger partial charge in [-0.25, -0.2) is 9.97 Å². The summed E-state index contributed by atoms with van der Waals surface area (Å²) in [6.45, 7) is 3.69. The molecule has 1 aromatic carbocycles. The smallest absolute Gasteiger partial charge is 0.222 e. The lowest BCUT2D eigenvalue weighted by atomic mass is 9.89. The fourth-order valence-electron chi connectivity index (χ4n) is 4.13. The first kappa shape index (κ1) is 17.2. The third-order valence-electron chi connectivity index (χ3n) is 5.37. The molecular weight excluding hydrogens is 328 g/mol. The monoisotopic (exact) mass is 354 g/mol. The van der Waals surface area contributed by atoms with Crippen molar-refractivity contribution >= 4 is 5.95 Å². The van der Waals surface area contributed by atoms with Gasteiger partial charge in [-0.3, -0.25) is 4.90 Å². The van der Waals surface area contributed by atoms with Crippen molar-refractivity contribution in [2.75, 3.05) is 32.1 Å². The normalized spacial score (nSPS) is 26.1. The van der Waals surface area contributed by atoms with Crippen LogP contribution in [0.4, 0.5) is 5.95 Å². The number of anilines is 1. The van der Waals surface area contributed by atoms with Crippen LogP contribution in [0.3, 0.4) is 0 Å². The molecule has 2 aromatic rings. The predicted molar refractivity (Wildman–Crippen MR) is 100 cm³/mol. The maximum atomic E-state index is 6.27. The Morgan fingerprint density at radius 1 is 1.27 bits per heavy atom. The Bertz CT molecular complexity index is 727. The number of ether oxygens (including phenoxy) is 2. The highest BCUT2D eigenvalue weighted by Gasteiger charge is 2.43. The van der Waals surface area contributed by atoms with E-state index in [-0.39, 0.29) is 5.60 Å². The summed E-state index contributed by atoms with van der Waals surface area (Å²) in [4.78, 5) is 11.1. The van der Waals surface area contributed by atoms with Gasteiger partial charge < -0.3 is 14.8 Å². The number of hydrogen-bond acceptors (Lipinski definition) is 6. The van der Waals surface area contributed by atoms with Crippen molar-refractivity contribution in [1.29, 1.82) is 0 Å². The van der Waals surface area contributed by atoms with E-state index in [9.17, 15) is 0 Å². The second-order valence-electron chi connectivity index (χ2n) is 7.21. The van der Waals surface area contributed by atoms with Gasteiger partial charge in [0.05, 0.1) is 12.7 Å².